The molecule has 0 amide bonds. The van der Waals surface area contributed by atoms with Crippen molar-refractivity contribution in [1.29, 1.82) is 0 Å². The number of nitrogens with one attached hydrogen (secondary N) is 1. The lowest BCUT2D eigenvalue weighted by molar-refractivity contribution is -0.180. The Bertz CT molecular complexity index is 1320. The van der Waals surface area contributed by atoms with E-state index in [1.807, 2.05) is 24.3 Å². The van der Waals surface area contributed by atoms with E-state index in [1.54, 1.807) is 0 Å². The van der Waals surface area contributed by atoms with Gasteiger partial charge in [0.1, 0.15) is 30.3 Å². The summed E-state index contributed by atoms with van der Waals surface area (Å²) in [6.07, 6.45) is 0.599. The molecule has 7 rings (SSSR count). The van der Waals surface area contributed by atoms with Gasteiger partial charge in [0.25, 0.3) is 0 Å². The Balaban J connectivity index is 1.26. The summed E-state index contributed by atoms with van der Waals surface area (Å²) < 4.78 is 17.3. The van der Waals surface area contributed by atoms with Gasteiger partial charge in [-0.3, -0.25) is 4.79 Å². The van der Waals surface area contributed by atoms with Crippen LogP contribution in [0.25, 0.3) is 11.3 Å². The van der Waals surface area contributed by atoms with Crippen molar-refractivity contribution in [2.45, 2.75) is 45.8 Å². The van der Waals surface area contributed by atoms with Crippen molar-refractivity contribution in [3.63, 3.8) is 0 Å². The van der Waals surface area contributed by atoms with Gasteiger partial charge < -0.3 is 24.4 Å². The lowest BCUT2D eigenvalue weighted by atomic mass is 9.93. The van der Waals surface area contributed by atoms with Crippen molar-refractivity contribution in [1.82, 2.24) is 10.3 Å². The molecule has 186 valence electrons. The molecule has 3 atom stereocenters. The fourth-order valence-corrected chi connectivity index (χ4v) is 5.69. The molecule has 4 aliphatic rings. The molecule has 2 bridgehead atoms. The minimum atomic E-state index is -0.319. The first-order valence-electron chi connectivity index (χ1n) is 12.6. The first-order valence-corrected chi connectivity index (χ1v) is 12.6. The van der Waals surface area contributed by atoms with Crippen LogP contribution in [0.15, 0.2) is 48.5 Å². The third-order valence-corrected chi connectivity index (χ3v) is 7.74. The van der Waals surface area contributed by atoms with E-state index in [1.165, 1.54) is 29.4 Å². The van der Waals surface area contributed by atoms with Crippen LogP contribution in [-0.2, 0) is 33.8 Å². The van der Waals surface area contributed by atoms with E-state index in [9.17, 15) is 4.79 Å². The molecule has 3 fully saturated rings. The second-order valence-electron chi connectivity index (χ2n) is 9.80. The minimum Gasteiger partial charge on any atom is -0.488 e. The summed E-state index contributed by atoms with van der Waals surface area (Å²) in [5.41, 5.74) is 8.24. The fourth-order valence-electron chi connectivity index (χ4n) is 5.69. The van der Waals surface area contributed by atoms with Gasteiger partial charge in [0.15, 0.2) is 0 Å². The number of aromatic nitrogens is 1. The minimum absolute atomic E-state index is 0.138. The topological polar surface area (TPSA) is 72.9 Å². The zero-order valence-electron chi connectivity index (χ0n) is 20.9. The second kappa shape index (κ2) is 9.22. The number of anilines is 1. The number of benzene rings is 2. The first-order chi connectivity index (χ1) is 17.5. The summed E-state index contributed by atoms with van der Waals surface area (Å²) in [4.78, 5) is 19.1. The van der Waals surface area contributed by atoms with Crippen LogP contribution in [0, 0.1) is 19.8 Å². The number of rotatable bonds is 6. The Morgan fingerprint density at radius 3 is 2.89 bits per heavy atom. The zero-order valence-corrected chi connectivity index (χ0v) is 20.9. The molecule has 5 heterocycles. The summed E-state index contributed by atoms with van der Waals surface area (Å²) in [7, 11) is 1.42. The highest BCUT2D eigenvalue weighted by molar-refractivity contribution is 5.77. The van der Waals surface area contributed by atoms with Gasteiger partial charge in [0.05, 0.1) is 18.9 Å². The summed E-state index contributed by atoms with van der Waals surface area (Å²) >= 11 is 0. The van der Waals surface area contributed by atoms with Gasteiger partial charge in [0.2, 0.25) is 0 Å². The molecule has 1 N–H and O–H groups in total. The largest absolute Gasteiger partial charge is 0.488 e. The van der Waals surface area contributed by atoms with Gasteiger partial charge in [0, 0.05) is 18.7 Å². The van der Waals surface area contributed by atoms with E-state index in [0.717, 1.165) is 47.9 Å². The molecular weight excluding hydrogens is 454 g/mol. The average molecular weight is 486 g/mol. The molecule has 3 unspecified atom stereocenters. The van der Waals surface area contributed by atoms with E-state index in [-0.39, 0.29) is 24.2 Å². The molecule has 36 heavy (non-hydrogen) atoms. The zero-order chi connectivity index (χ0) is 24.8. The lowest BCUT2D eigenvalue weighted by Gasteiger charge is -2.34. The summed E-state index contributed by atoms with van der Waals surface area (Å²) in [5, 5.41) is 3.45. The van der Waals surface area contributed by atoms with Crippen molar-refractivity contribution < 1.29 is 19.0 Å². The van der Waals surface area contributed by atoms with Crippen LogP contribution in [0.2, 0.25) is 0 Å². The number of fused-ring (bicyclic) bond motifs is 2. The Kier molecular flexibility index (Phi) is 5.90. The number of carbonyl (C=O) groups is 1. The number of hydrogen-bond donors (Lipinski definition) is 1. The van der Waals surface area contributed by atoms with Crippen LogP contribution < -0.4 is 15.0 Å². The SMILES string of the molecule is COC(=O)C1C2CN(c3cccc(-c4cccc(C)c4OCc4ccc5c(c4C)CCNC5)n3)C1O2. The van der Waals surface area contributed by atoms with E-state index in [2.05, 4.69) is 48.3 Å². The molecule has 0 radical (unpaired) electrons. The molecule has 0 saturated carbocycles. The predicted octanol–water partition coefficient (Wildman–Crippen LogP) is 3.92. The molecule has 7 heteroatoms. The highest BCUT2D eigenvalue weighted by atomic mass is 16.6. The van der Waals surface area contributed by atoms with E-state index in [4.69, 9.17) is 19.2 Å². The summed E-state index contributed by atoms with van der Waals surface area (Å²) in [6, 6.07) is 16.5. The van der Waals surface area contributed by atoms with Crippen molar-refractivity contribution in [3.8, 4) is 17.0 Å². The Morgan fingerprint density at radius 1 is 1.17 bits per heavy atom. The number of aryl methyl sites for hydroxylation is 1. The van der Waals surface area contributed by atoms with Gasteiger partial charge in [-0.2, -0.15) is 0 Å². The van der Waals surface area contributed by atoms with Gasteiger partial charge in [-0.05, 0) is 72.8 Å². The van der Waals surface area contributed by atoms with Crippen molar-refractivity contribution >= 4 is 11.8 Å². The van der Waals surface area contributed by atoms with Gasteiger partial charge in [-0.1, -0.05) is 30.3 Å². The number of nitrogens with zero attached hydrogens (tertiary/aromatic N) is 2. The molecule has 3 aromatic rings. The third-order valence-electron chi connectivity index (χ3n) is 7.74. The number of methoxy groups -OCH3 is 1. The molecule has 1 aromatic heterocycles. The van der Waals surface area contributed by atoms with Crippen LogP contribution in [0.4, 0.5) is 5.82 Å². The molecule has 0 aliphatic carbocycles. The van der Waals surface area contributed by atoms with E-state index >= 15 is 0 Å². The van der Waals surface area contributed by atoms with Crippen LogP contribution in [0.1, 0.15) is 27.8 Å². The number of para-hydroxylation sites is 1. The fraction of sp³-hybridized carbons (Fsp3) is 0.379. The second-order valence-corrected chi connectivity index (χ2v) is 9.80. The first kappa shape index (κ1) is 23.0. The van der Waals surface area contributed by atoms with Crippen molar-refractivity contribution in [3.05, 3.63) is 76.3 Å². The number of hydrogen-bond acceptors (Lipinski definition) is 7. The highest BCUT2D eigenvalue weighted by Crippen LogP contribution is 2.43. The van der Waals surface area contributed by atoms with Gasteiger partial charge in [-0.15, -0.1) is 0 Å². The molecule has 3 saturated heterocycles. The average Bonchev–Trinajstić information content (AvgIpc) is 3.50. The quantitative estimate of drug-likeness (QED) is 0.531. The Hall–Kier alpha value is -3.42. The standard InChI is InChI=1S/C29H31N3O4/c1-17-6-4-7-22(27(17)35-16-20-11-10-19-14-30-13-12-21(19)18(20)2)23-8-5-9-25(31-23)32-15-24-26(28(32)36-24)29(33)34-3/h4-11,24,26,28,30H,12-16H2,1-3H3. The smallest absolute Gasteiger partial charge is 0.316 e. The van der Waals surface area contributed by atoms with Crippen molar-refractivity contribution in [2.24, 2.45) is 5.92 Å². The summed E-state index contributed by atoms with van der Waals surface area (Å²) in [5.74, 6) is 1.15. The molecular formula is C29H31N3O4. The monoisotopic (exact) mass is 485 g/mol. The van der Waals surface area contributed by atoms with Crippen LogP contribution in [0.3, 0.4) is 0 Å². The van der Waals surface area contributed by atoms with E-state index < -0.39 is 0 Å². The number of esters is 1. The van der Waals surface area contributed by atoms with Gasteiger partial charge >= 0.3 is 5.97 Å². The van der Waals surface area contributed by atoms with Crippen LogP contribution in [-0.4, -0.2) is 43.5 Å². The molecule has 7 nitrogen and oxygen atoms in total. The number of pyridine rings is 1. The normalized spacial score (nSPS) is 22.1. The van der Waals surface area contributed by atoms with Gasteiger partial charge in [-0.25, -0.2) is 4.98 Å². The maximum absolute atomic E-state index is 12.1. The predicted molar refractivity (Wildman–Crippen MR) is 137 cm³/mol. The number of carbonyl (C=O) groups excluding carboxylic acids is 1. The third kappa shape index (κ3) is 3.83. The lowest BCUT2D eigenvalue weighted by Crippen LogP contribution is -2.49. The molecule has 0 spiro atoms. The van der Waals surface area contributed by atoms with Crippen LogP contribution >= 0.6 is 0 Å². The molecule has 4 aliphatic heterocycles. The Labute approximate surface area is 211 Å². The Morgan fingerprint density at radius 2 is 2.03 bits per heavy atom. The highest BCUT2D eigenvalue weighted by Gasteiger charge is 2.58. The maximum atomic E-state index is 12.1. The number of ether oxygens (including phenoxy) is 3. The van der Waals surface area contributed by atoms with Crippen LogP contribution in [0.5, 0.6) is 5.75 Å². The van der Waals surface area contributed by atoms with E-state index in [0.29, 0.717) is 13.2 Å². The maximum Gasteiger partial charge on any atom is 0.316 e. The van der Waals surface area contributed by atoms with Crippen molar-refractivity contribution in [2.75, 3.05) is 25.1 Å². The molecule has 2 aromatic carbocycles. The summed E-state index contributed by atoms with van der Waals surface area (Å²) in [6.45, 7) is 7.37.